The van der Waals surface area contributed by atoms with Gasteiger partial charge in [-0.15, -0.1) is 11.6 Å². The van der Waals surface area contributed by atoms with Gasteiger partial charge in [-0.3, -0.25) is 9.59 Å². The van der Waals surface area contributed by atoms with Crippen LogP contribution in [0.4, 0.5) is 0 Å². The summed E-state index contributed by atoms with van der Waals surface area (Å²) in [6.45, 7) is 3.53. The van der Waals surface area contributed by atoms with Gasteiger partial charge in [0.1, 0.15) is 0 Å². The van der Waals surface area contributed by atoms with Crippen molar-refractivity contribution >= 4 is 81.7 Å². The van der Waals surface area contributed by atoms with Gasteiger partial charge in [-0.2, -0.15) is 0 Å². The van der Waals surface area contributed by atoms with Crippen molar-refractivity contribution in [3.8, 4) is 0 Å². The number of carbonyl (C=O) groups is 2. The molecule has 0 aliphatic carbocycles. The fourth-order valence-corrected chi connectivity index (χ4v) is 0.908. The van der Waals surface area contributed by atoms with Gasteiger partial charge in [-0.1, -0.05) is 71.3 Å². The molecule has 0 N–H and O–H groups in total. The zero-order chi connectivity index (χ0) is 15.0. The van der Waals surface area contributed by atoms with Crippen LogP contribution in [0, 0.1) is 0 Å². The maximum Gasteiger partial charge on any atom is 0.248 e. The average Bonchev–Trinajstić information content (AvgIpc) is 2.25. The molecule has 0 aromatic rings. The topological polar surface area (TPSA) is 34.1 Å². The van der Waals surface area contributed by atoms with Crippen molar-refractivity contribution in [2.24, 2.45) is 0 Å². The Morgan fingerprint density at radius 1 is 1.22 bits per heavy atom. The fourth-order valence-electron chi connectivity index (χ4n) is 0.573. The van der Waals surface area contributed by atoms with E-state index in [1.807, 2.05) is 6.92 Å². The summed E-state index contributed by atoms with van der Waals surface area (Å²) in [6, 6.07) is 0. The normalized spacial score (nSPS) is 13.3. The molecule has 0 radical (unpaired) electrons. The van der Waals surface area contributed by atoms with Crippen LogP contribution in [0.2, 0.25) is 0 Å². The van der Waals surface area contributed by atoms with Gasteiger partial charge in [-0.25, -0.2) is 0 Å². The first-order valence-electron chi connectivity index (χ1n) is 5.07. The van der Waals surface area contributed by atoms with Crippen molar-refractivity contribution < 1.29 is 9.59 Å². The van der Waals surface area contributed by atoms with Crippen LogP contribution in [0.3, 0.4) is 0 Å². The molecule has 0 amide bonds. The molecule has 8 heteroatoms. The predicted molar refractivity (Wildman–Crippen MR) is 80.6 cm³/mol. The van der Waals surface area contributed by atoms with Gasteiger partial charge >= 0.3 is 0 Å². The Morgan fingerprint density at radius 2 is 1.67 bits per heavy atom. The van der Waals surface area contributed by atoms with Gasteiger partial charge < -0.3 is 0 Å². The lowest BCUT2D eigenvalue weighted by atomic mass is 10.2. The number of rotatable bonds is 5. The highest BCUT2D eigenvalue weighted by Crippen LogP contribution is 2.28. The molecule has 0 fully saturated rings. The lowest BCUT2D eigenvalue weighted by Gasteiger charge is -2.12. The molecular formula is C10H14Cl6O2. The van der Waals surface area contributed by atoms with Crippen molar-refractivity contribution in [3.05, 3.63) is 0 Å². The highest BCUT2D eigenvalue weighted by Gasteiger charge is 2.29. The fraction of sp³-hybridized carbons (Fsp3) is 0.800. The Morgan fingerprint density at radius 3 is 1.83 bits per heavy atom. The number of halogens is 6. The molecule has 0 aromatic carbocycles. The van der Waals surface area contributed by atoms with Crippen molar-refractivity contribution in [2.45, 2.75) is 46.6 Å². The van der Waals surface area contributed by atoms with Gasteiger partial charge in [0.05, 0.1) is 5.38 Å². The van der Waals surface area contributed by atoms with E-state index >= 15 is 0 Å². The zero-order valence-electron chi connectivity index (χ0n) is 9.86. The van der Waals surface area contributed by atoms with Crippen LogP contribution in [0.15, 0.2) is 0 Å². The minimum absolute atomic E-state index is 0.320. The second kappa shape index (κ2) is 9.90. The minimum Gasteiger partial charge on any atom is -0.300 e. The highest BCUT2D eigenvalue weighted by molar-refractivity contribution is 6.76. The summed E-state index contributed by atoms with van der Waals surface area (Å²) in [4.78, 5) is 20.7. The summed E-state index contributed by atoms with van der Waals surface area (Å²) in [7, 11) is 0. The quantitative estimate of drug-likeness (QED) is 0.492. The van der Waals surface area contributed by atoms with E-state index in [1.54, 1.807) is 6.92 Å². The molecule has 0 bridgehead atoms. The average molecular weight is 379 g/mol. The second-order valence-corrected chi connectivity index (χ2v) is 7.81. The van der Waals surface area contributed by atoms with Gasteiger partial charge in [0.2, 0.25) is 3.79 Å². The summed E-state index contributed by atoms with van der Waals surface area (Å²) >= 11 is 31.9. The van der Waals surface area contributed by atoms with Gasteiger partial charge in [-0.05, 0) is 13.3 Å². The third-order valence-corrected chi connectivity index (χ3v) is 3.79. The number of carbonyl (C=O) groups excluding carboxylic acids is 2. The van der Waals surface area contributed by atoms with E-state index in [1.165, 1.54) is 0 Å². The lowest BCUT2D eigenvalue weighted by molar-refractivity contribution is -0.118. The Labute approximate surface area is 137 Å². The van der Waals surface area contributed by atoms with Crippen LogP contribution in [-0.4, -0.2) is 25.6 Å². The summed E-state index contributed by atoms with van der Waals surface area (Å²) in [6.07, 6.45) is 2.49. The monoisotopic (exact) mass is 376 g/mol. The molecule has 1 atom stereocenters. The molecule has 108 valence electrons. The molecule has 0 heterocycles. The maximum atomic E-state index is 10.8. The van der Waals surface area contributed by atoms with Crippen molar-refractivity contribution in [1.82, 2.24) is 0 Å². The van der Waals surface area contributed by atoms with Crippen molar-refractivity contribution in [3.63, 3.8) is 0 Å². The summed E-state index contributed by atoms with van der Waals surface area (Å²) < 4.78 is -3.14. The molecule has 2 nitrogen and oxygen atoms in total. The summed E-state index contributed by atoms with van der Waals surface area (Å²) in [5.41, 5.74) is 0. The van der Waals surface area contributed by atoms with E-state index in [9.17, 15) is 9.59 Å². The molecular weight excluding hydrogens is 365 g/mol. The third-order valence-electron chi connectivity index (χ3n) is 1.76. The number of aldehydes is 1. The number of alkyl halides is 6. The third kappa shape index (κ3) is 11.0. The van der Waals surface area contributed by atoms with Gasteiger partial charge in [0.25, 0.3) is 0 Å². The molecule has 0 rings (SSSR count). The van der Waals surface area contributed by atoms with Gasteiger partial charge in [0.15, 0.2) is 16.4 Å². The first-order valence-corrected chi connectivity index (χ1v) is 7.39. The van der Waals surface area contributed by atoms with Crippen LogP contribution in [0.1, 0.15) is 33.1 Å². The first kappa shape index (κ1) is 21.4. The van der Waals surface area contributed by atoms with Crippen LogP contribution < -0.4 is 0 Å². The standard InChI is InChI=1S/C6H9Cl3O.C4H5Cl3O/c1-2-3-4-5(10)6(7,8)9;1-3(5)4(6,7)2-8/h2-4H2,1H3;2-3H,1H3. The molecule has 0 aliphatic rings. The molecule has 0 aromatic heterocycles. The Bertz CT molecular complexity index is 260. The van der Waals surface area contributed by atoms with E-state index in [0.717, 1.165) is 12.8 Å². The van der Waals surface area contributed by atoms with E-state index in [2.05, 4.69) is 0 Å². The maximum absolute atomic E-state index is 10.8. The number of unbranched alkanes of at least 4 members (excludes halogenated alkanes) is 1. The summed E-state index contributed by atoms with van der Waals surface area (Å²) in [5.74, 6) is -0.320. The van der Waals surface area contributed by atoms with Crippen molar-refractivity contribution in [2.75, 3.05) is 0 Å². The van der Waals surface area contributed by atoms with Crippen LogP contribution in [0.5, 0.6) is 0 Å². The zero-order valence-corrected chi connectivity index (χ0v) is 14.4. The van der Waals surface area contributed by atoms with Crippen LogP contribution in [0.25, 0.3) is 0 Å². The molecule has 0 saturated heterocycles. The van der Waals surface area contributed by atoms with E-state index in [0.29, 0.717) is 12.7 Å². The summed E-state index contributed by atoms with van der Waals surface area (Å²) in [5, 5.41) is -0.552. The smallest absolute Gasteiger partial charge is 0.248 e. The largest absolute Gasteiger partial charge is 0.300 e. The molecule has 0 saturated carbocycles. The van der Waals surface area contributed by atoms with E-state index < -0.39 is 13.5 Å². The first-order chi connectivity index (χ1) is 7.99. The van der Waals surface area contributed by atoms with E-state index in [-0.39, 0.29) is 5.78 Å². The Kier molecular flexibility index (Phi) is 11.8. The molecule has 18 heavy (non-hydrogen) atoms. The predicted octanol–water partition coefficient (Wildman–Crippen LogP) is 5.10. The number of hydrogen-bond acceptors (Lipinski definition) is 2. The molecule has 0 spiro atoms. The molecule has 1 unspecified atom stereocenters. The Hall–Kier alpha value is 1.08. The minimum atomic E-state index is -1.71. The number of ketones is 1. The Balaban J connectivity index is 0. The second-order valence-electron chi connectivity index (χ2n) is 3.43. The van der Waals surface area contributed by atoms with Crippen LogP contribution in [-0.2, 0) is 9.59 Å². The van der Waals surface area contributed by atoms with Crippen molar-refractivity contribution in [1.29, 1.82) is 0 Å². The SMILES string of the molecule is CC(Cl)C(Cl)(Cl)C=O.CCCCC(=O)C(Cl)(Cl)Cl. The van der Waals surface area contributed by atoms with Crippen LogP contribution >= 0.6 is 69.6 Å². The van der Waals surface area contributed by atoms with E-state index in [4.69, 9.17) is 69.6 Å². The highest BCUT2D eigenvalue weighted by atomic mass is 35.6. The number of Topliss-reactive ketones (excluding diaryl/α,β-unsaturated/α-hetero) is 1. The van der Waals surface area contributed by atoms with Gasteiger partial charge in [0, 0.05) is 6.42 Å². The number of hydrogen-bond donors (Lipinski definition) is 0. The molecule has 0 aliphatic heterocycles. The lowest BCUT2D eigenvalue weighted by Crippen LogP contribution is -2.24.